The molecule has 5 rings (SSSR count). The average Bonchev–Trinajstić information content (AvgIpc) is 2.88. The highest BCUT2D eigenvalue weighted by Crippen LogP contribution is 2.53. The third kappa shape index (κ3) is 5.87. The van der Waals surface area contributed by atoms with E-state index >= 15 is 0 Å². The fraction of sp³-hybridized carbons (Fsp3) is 0.457. The van der Waals surface area contributed by atoms with Gasteiger partial charge < -0.3 is 19.5 Å². The summed E-state index contributed by atoms with van der Waals surface area (Å²) in [5.41, 5.74) is 4.32. The molecule has 1 N–H and O–H groups in total. The standard InChI is InChI=1S/C35H41NO6/c1-8-40-27-14-22(12-13-26(27)41-19-30(39)36-23-11-9-10-20(2)21(23)3)31-32-24(37)15-34(4,5)17-28(32)42-29-18-35(6,7)16-25(38)33(29)31/h9-14,31H,8,15-19H2,1-7H3,(H,36,39). The lowest BCUT2D eigenvalue weighted by Crippen LogP contribution is -2.37. The number of aryl methyl sites for hydroxylation is 1. The Morgan fingerprint density at radius 3 is 2.10 bits per heavy atom. The number of anilines is 1. The number of benzene rings is 2. The van der Waals surface area contributed by atoms with Crippen LogP contribution in [-0.4, -0.2) is 30.7 Å². The first-order valence-corrected chi connectivity index (χ1v) is 14.7. The van der Waals surface area contributed by atoms with Gasteiger partial charge in [0.05, 0.1) is 6.61 Å². The molecule has 0 saturated carbocycles. The third-order valence-corrected chi connectivity index (χ3v) is 8.42. The molecule has 3 aliphatic rings. The topological polar surface area (TPSA) is 90.9 Å². The van der Waals surface area contributed by atoms with Gasteiger partial charge >= 0.3 is 0 Å². The molecule has 0 bridgehead atoms. The van der Waals surface area contributed by atoms with Crippen molar-refractivity contribution >= 4 is 23.2 Å². The van der Waals surface area contributed by atoms with Crippen molar-refractivity contribution in [3.63, 3.8) is 0 Å². The number of hydrogen-bond acceptors (Lipinski definition) is 6. The van der Waals surface area contributed by atoms with Crippen LogP contribution in [0.2, 0.25) is 0 Å². The Bertz CT molecular complexity index is 1470. The van der Waals surface area contributed by atoms with Crippen molar-refractivity contribution in [2.45, 2.75) is 80.1 Å². The first-order chi connectivity index (χ1) is 19.8. The zero-order chi connectivity index (χ0) is 30.4. The number of hydrogen-bond donors (Lipinski definition) is 1. The maximum absolute atomic E-state index is 13.6. The molecule has 0 saturated heterocycles. The summed E-state index contributed by atoms with van der Waals surface area (Å²) < 4.78 is 18.3. The van der Waals surface area contributed by atoms with Crippen molar-refractivity contribution in [1.82, 2.24) is 0 Å². The van der Waals surface area contributed by atoms with Crippen LogP contribution in [0.25, 0.3) is 0 Å². The quantitative estimate of drug-likeness (QED) is 0.381. The van der Waals surface area contributed by atoms with Crippen LogP contribution in [0.15, 0.2) is 59.1 Å². The molecule has 0 aromatic heterocycles. The van der Waals surface area contributed by atoms with E-state index in [4.69, 9.17) is 14.2 Å². The summed E-state index contributed by atoms with van der Waals surface area (Å²) in [5, 5.41) is 2.92. The molecule has 0 fully saturated rings. The molecular weight excluding hydrogens is 530 g/mol. The second-order valence-corrected chi connectivity index (χ2v) is 13.3. The van der Waals surface area contributed by atoms with Crippen LogP contribution in [0, 0.1) is 24.7 Å². The van der Waals surface area contributed by atoms with Crippen molar-refractivity contribution in [2.24, 2.45) is 10.8 Å². The van der Waals surface area contributed by atoms with Crippen LogP contribution in [0.4, 0.5) is 5.69 Å². The number of carbonyl (C=O) groups excluding carboxylic acids is 3. The SMILES string of the molecule is CCOc1cc(C2C3=C(CC(C)(C)CC3=O)OC3=C2C(=O)CC(C)(C)C3)ccc1OCC(=O)Nc1cccc(C)c1C. The summed E-state index contributed by atoms with van der Waals surface area (Å²) in [5.74, 6) is 1.43. The highest BCUT2D eigenvalue weighted by atomic mass is 16.5. The van der Waals surface area contributed by atoms with Gasteiger partial charge in [0, 0.05) is 48.4 Å². The molecule has 0 atom stereocenters. The van der Waals surface area contributed by atoms with E-state index in [1.807, 2.05) is 51.1 Å². The molecule has 1 heterocycles. The first-order valence-electron chi connectivity index (χ1n) is 14.7. The van der Waals surface area contributed by atoms with Gasteiger partial charge in [0.15, 0.2) is 29.7 Å². The van der Waals surface area contributed by atoms with Gasteiger partial charge in [0.25, 0.3) is 5.91 Å². The summed E-state index contributed by atoms with van der Waals surface area (Å²) in [6.07, 6.45) is 2.04. The highest BCUT2D eigenvalue weighted by molar-refractivity contribution is 6.06. The van der Waals surface area contributed by atoms with E-state index in [0.29, 0.717) is 66.5 Å². The van der Waals surface area contributed by atoms with Crippen LogP contribution < -0.4 is 14.8 Å². The zero-order valence-corrected chi connectivity index (χ0v) is 25.7. The minimum Gasteiger partial charge on any atom is -0.490 e. The van der Waals surface area contributed by atoms with Gasteiger partial charge in [-0.1, -0.05) is 45.9 Å². The Kier molecular flexibility index (Phi) is 7.82. The van der Waals surface area contributed by atoms with Gasteiger partial charge in [-0.15, -0.1) is 0 Å². The summed E-state index contributed by atoms with van der Waals surface area (Å²) >= 11 is 0. The van der Waals surface area contributed by atoms with E-state index in [-0.39, 0.29) is 34.9 Å². The molecule has 0 radical (unpaired) electrons. The maximum Gasteiger partial charge on any atom is 0.262 e. The second-order valence-electron chi connectivity index (χ2n) is 13.3. The lowest BCUT2D eigenvalue weighted by Gasteiger charge is -2.42. The number of amides is 1. The van der Waals surface area contributed by atoms with Crippen molar-refractivity contribution in [3.8, 4) is 11.5 Å². The number of allylic oxidation sites excluding steroid dienone is 4. The average molecular weight is 572 g/mol. The normalized spacial score (nSPS) is 19.6. The minimum atomic E-state index is -0.531. The number of rotatable bonds is 7. The second kappa shape index (κ2) is 11.1. The molecule has 2 aliphatic carbocycles. The molecule has 0 spiro atoms. The highest BCUT2D eigenvalue weighted by Gasteiger charge is 2.48. The molecule has 2 aromatic rings. The molecule has 1 aliphatic heterocycles. The predicted octanol–water partition coefficient (Wildman–Crippen LogP) is 7.12. The van der Waals surface area contributed by atoms with E-state index in [9.17, 15) is 14.4 Å². The molecule has 1 amide bonds. The van der Waals surface area contributed by atoms with Gasteiger partial charge in [-0.2, -0.15) is 0 Å². The third-order valence-electron chi connectivity index (χ3n) is 8.42. The van der Waals surface area contributed by atoms with Crippen molar-refractivity contribution in [3.05, 3.63) is 75.8 Å². The number of nitrogens with one attached hydrogen (secondary N) is 1. The summed E-state index contributed by atoms with van der Waals surface area (Å²) in [4.78, 5) is 40.0. The Morgan fingerprint density at radius 1 is 0.881 bits per heavy atom. The summed E-state index contributed by atoms with van der Waals surface area (Å²) in [6.45, 7) is 14.3. The molecule has 7 nitrogen and oxygen atoms in total. The van der Waals surface area contributed by atoms with Crippen LogP contribution in [0.5, 0.6) is 11.5 Å². The fourth-order valence-corrected chi connectivity index (χ4v) is 6.32. The smallest absolute Gasteiger partial charge is 0.262 e. The number of ketones is 2. The molecule has 7 heteroatoms. The lowest BCUT2D eigenvalue weighted by atomic mass is 9.65. The van der Waals surface area contributed by atoms with Gasteiger partial charge in [-0.05, 0) is 66.5 Å². The van der Waals surface area contributed by atoms with Crippen LogP contribution >= 0.6 is 0 Å². The number of ether oxygens (including phenoxy) is 3. The Hall–Kier alpha value is -3.87. The molecule has 0 unspecified atom stereocenters. The minimum absolute atomic E-state index is 0.0110. The molecule has 222 valence electrons. The summed E-state index contributed by atoms with van der Waals surface area (Å²) in [6, 6.07) is 11.2. The first kappa shape index (κ1) is 29.6. The monoisotopic (exact) mass is 571 g/mol. The predicted molar refractivity (Wildman–Crippen MR) is 162 cm³/mol. The van der Waals surface area contributed by atoms with E-state index in [0.717, 1.165) is 22.4 Å². The van der Waals surface area contributed by atoms with Gasteiger partial charge in [-0.3, -0.25) is 14.4 Å². The number of carbonyl (C=O) groups is 3. The Balaban J connectivity index is 1.48. The molecule has 2 aromatic carbocycles. The van der Waals surface area contributed by atoms with Crippen LogP contribution in [0.1, 0.15) is 82.9 Å². The molecule has 42 heavy (non-hydrogen) atoms. The Labute approximate surface area is 248 Å². The maximum atomic E-state index is 13.6. The van der Waals surface area contributed by atoms with E-state index in [1.165, 1.54) is 0 Å². The van der Waals surface area contributed by atoms with Gasteiger partial charge in [0.2, 0.25) is 0 Å². The Morgan fingerprint density at radius 2 is 1.50 bits per heavy atom. The van der Waals surface area contributed by atoms with Crippen LogP contribution in [0.3, 0.4) is 0 Å². The lowest BCUT2D eigenvalue weighted by molar-refractivity contribution is -0.120. The largest absolute Gasteiger partial charge is 0.490 e. The van der Waals surface area contributed by atoms with E-state index in [1.54, 1.807) is 6.07 Å². The van der Waals surface area contributed by atoms with Crippen molar-refractivity contribution in [1.29, 1.82) is 0 Å². The van der Waals surface area contributed by atoms with Gasteiger partial charge in [0.1, 0.15) is 11.5 Å². The van der Waals surface area contributed by atoms with Crippen LogP contribution in [-0.2, 0) is 19.1 Å². The fourth-order valence-electron chi connectivity index (χ4n) is 6.32. The van der Waals surface area contributed by atoms with Gasteiger partial charge in [-0.25, -0.2) is 0 Å². The van der Waals surface area contributed by atoms with E-state index in [2.05, 4.69) is 33.0 Å². The zero-order valence-electron chi connectivity index (χ0n) is 25.7. The van der Waals surface area contributed by atoms with E-state index < -0.39 is 5.92 Å². The summed E-state index contributed by atoms with van der Waals surface area (Å²) in [7, 11) is 0. The number of Topliss-reactive ketones (excluding diaryl/α,β-unsaturated/α-hetero) is 2. The molecular formula is C35H41NO6. The van der Waals surface area contributed by atoms with Crippen molar-refractivity contribution < 1.29 is 28.6 Å². The van der Waals surface area contributed by atoms with Crippen molar-refractivity contribution in [2.75, 3.05) is 18.5 Å².